The van der Waals surface area contributed by atoms with Crippen LogP contribution in [0.5, 0.6) is 0 Å². The molecule has 0 radical (unpaired) electrons. The summed E-state index contributed by atoms with van der Waals surface area (Å²) in [6.07, 6.45) is 9.37. The van der Waals surface area contributed by atoms with Gasteiger partial charge in [0.1, 0.15) is 6.04 Å². The first kappa shape index (κ1) is 27.3. The number of nitrogens with one attached hydrogen (secondary N) is 1. The van der Waals surface area contributed by atoms with E-state index >= 15 is 0 Å². The molecule has 202 valence electrons. The molecular formula is C28H40N4O5. The summed E-state index contributed by atoms with van der Waals surface area (Å²) < 4.78 is 0. The minimum atomic E-state index is -0.514. The zero-order chi connectivity index (χ0) is 26.4. The van der Waals surface area contributed by atoms with E-state index in [4.69, 9.17) is 4.84 Å². The van der Waals surface area contributed by atoms with Crippen LogP contribution in [-0.4, -0.2) is 83.9 Å². The first-order valence-electron chi connectivity index (χ1n) is 13.8. The minimum absolute atomic E-state index is 0.0270. The molecule has 0 bridgehead atoms. The summed E-state index contributed by atoms with van der Waals surface area (Å²) in [7, 11) is 2.00. The number of amides is 4. The molecule has 1 saturated carbocycles. The molecule has 1 saturated heterocycles. The number of carbonyl (C=O) groups excluding carboxylic acids is 4. The summed E-state index contributed by atoms with van der Waals surface area (Å²) in [4.78, 5) is 61.1. The molecule has 1 aliphatic carbocycles. The summed E-state index contributed by atoms with van der Waals surface area (Å²) in [5.41, 5.74) is 0.625. The molecule has 3 aliphatic rings. The topological polar surface area (TPSA) is 99.3 Å². The number of likely N-dealkylation sites (tertiary alicyclic amines) is 1. The van der Waals surface area contributed by atoms with Gasteiger partial charge in [0.2, 0.25) is 11.8 Å². The van der Waals surface area contributed by atoms with Crippen molar-refractivity contribution >= 4 is 23.6 Å². The fourth-order valence-corrected chi connectivity index (χ4v) is 5.80. The molecule has 2 aliphatic heterocycles. The van der Waals surface area contributed by atoms with E-state index in [0.717, 1.165) is 30.9 Å². The van der Waals surface area contributed by atoms with Crippen molar-refractivity contribution in [1.29, 1.82) is 0 Å². The van der Waals surface area contributed by atoms with Crippen LogP contribution in [0, 0.1) is 5.92 Å². The molecule has 4 amide bonds. The molecule has 0 spiro atoms. The van der Waals surface area contributed by atoms with E-state index in [-0.39, 0.29) is 31.0 Å². The van der Waals surface area contributed by atoms with E-state index in [9.17, 15) is 19.2 Å². The van der Waals surface area contributed by atoms with Crippen LogP contribution >= 0.6 is 0 Å². The molecule has 0 aromatic heterocycles. The Morgan fingerprint density at radius 3 is 2.32 bits per heavy atom. The zero-order valence-electron chi connectivity index (χ0n) is 22.1. The molecule has 4 rings (SSSR count). The quantitative estimate of drug-likeness (QED) is 0.382. The maximum Gasteiger partial charge on any atom is 0.285 e. The van der Waals surface area contributed by atoms with Gasteiger partial charge in [-0.05, 0) is 57.3 Å². The van der Waals surface area contributed by atoms with E-state index in [2.05, 4.69) is 17.1 Å². The van der Waals surface area contributed by atoms with Gasteiger partial charge in [-0.15, -0.1) is 5.06 Å². The Morgan fingerprint density at radius 2 is 1.68 bits per heavy atom. The van der Waals surface area contributed by atoms with Gasteiger partial charge in [0.05, 0.1) is 23.8 Å². The lowest BCUT2D eigenvalue weighted by Gasteiger charge is -2.40. The van der Waals surface area contributed by atoms with Crippen molar-refractivity contribution in [2.45, 2.75) is 76.8 Å². The van der Waals surface area contributed by atoms with Crippen LogP contribution in [0.3, 0.4) is 0 Å². The maximum atomic E-state index is 13.8. The van der Waals surface area contributed by atoms with Crippen LogP contribution in [0.2, 0.25) is 0 Å². The molecule has 37 heavy (non-hydrogen) atoms. The smallest absolute Gasteiger partial charge is 0.285 e. The van der Waals surface area contributed by atoms with Crippen molar-refractivity contribution in [3.63, 3.8) is 0 Å². The highest BCUT2D eigenvalue weighted by atomic mass is 16.7. The zero-order valence-corrected chi connectivity index (χ0v) is 22.1. The Kier molecular flexibility index (Phi) is 9.32. The Morgan fingerprint density at radius 1 is 1.03 bits per heavy atom. The van der Waals surface area contributed by atoms with Crippen molar-refractivity contribution in [2.24, 2.45) is 5.92 Å². The molecule has 1 N–H and O–H groups in total. The number of imide groups is 1. The van der Waals surface area contributed by atoms with Gasteiger partial charge >= 0.3 is 0 Å². The van der Waals surface area contributed by atoms with Crippen LogP contribution in [0.4, 0.5) is 0 Å². The van der Waals surface area contributed by atoms with Crippen molar-refractivity contribution in [3.05, 3.63) is 35.4 Å². The third-order valence-corrected chi connectivity index (χ3v) is 8.06. The largest absolute Gasteiger partial charge is 0.352 e. The van der Waals surface area contributed by atoms with Crippen molar-refractivity contribution in [2.75, 3.05) is 33.3 Å². The number of rotatable bonds is 10. The lowest BCUT2D eigenvalue weighted by atomic mass is 9.84. The monoisotopic (exact) mass is 512 g/mol. The highest BCUT2D eigenvalue weighted by Gasteiger charge is 2.38. The van der Waals surface area contributed by atoms with E-state index in [1.807, 2.05) is 7.05 Å². The Hall–Kier alpha value is -2.78. The average molecular weight is 513 g/mol. The Balaban J connectivity index is 1.32. The second-order valence-electron chi connectivity index (χ2n) is 10.4. The number of fused-ring (bicyclic) bond motifs is 1. The van der Waals surface area contributed by atoms with Crippen LogP contribution in [0.1, 0.15) is 85.4 Å². The molecule has 1 aromatic rings. The standard InChI is InChI=1S/C28H40N4O5/c1-3-30(2)24(19-20-11-5-4-6-12-20)28(36)31-17-10-9-15-23(31)25(33)29-16-18-37-32-26(34)21-13-7-8-14-22(21)27(32)35/h7-8,13-14,20,23-24H,3-6,9-12,15-19H2,1-2H3,(H,29,33)/t23-,24+/m0/s1. The summed E-state index contributed by atoms with van der Waals surface area (Å²) in [6.45, 7) is 3.53. The number of carbonyl (C=O) groups is 4. The lowest BCUT2D eigenvalue weighted by Crippen LogP contribution is -2.57. The second kappa shape index (κ2) is 12.6. The van der Waals surface area contributed by atoms with Gasteiger partial charge in [-0.3, -0.25) is 28.9 Å². The van der Waals surface area contributed by atoms with Crippen LogP contribution < -0.4 is 5.32 Å². The summed E-state index contributed by atoms with van der Waals surface area (Å²) >= 11 is 0. The first-order valence-corrected chi connectivity index (χ1v) is 13.8. The van der Waals surface area contributed by atoms with Gasteiger partial charge < -0.3 is 10.2 Å². The molecule has 1 aromatic carbocycles. The number of likely N-dealkylation sites (N-methyl/N-ethyl adjacent to an activating group) is 1. The fraction of sp³-hybridized carbons (Fsp3) is 0.643. The molecule has 2 atom stereocenters. The van der Waals surface area contributed by atoms with Gasteiger partial charge in [0.25, 0.3) is 11.8 Å². The van der Waals surface area contributed by atoms with Crippen molar-refractivity contribution < 1.29 is 24.0 Å². The van der Waals surface area contributed by atoms with Gasteiger partial charge in [0.15, 0.2) is 0 Å². The molecule has 2 heterocycles. The van der Waals surface area contributed by atoms with Gasteiger partial charge in [-0.25, -0.2) is 0 Å². The normalized spacial score (nSPS) is 21.3. The summed E-state index contributed by atoms with van der Waals surface area (Å²) in [6, 6.07) is 5.85. The summed E-state index contributed by atoms with van der Waals surface area (Å²) in [5, 5.41) is 3.61. The van der Waals surface area contributed by atoms with E-state index < -0.39 is 17.9 Å². The van der Waals surface area contributed by atoms with Crippen LogP contribution in [0.15, 0.2) is 24.3 Å². The number of hydrogen-bond acceptors (Lipinski definition) is 6. The van der Waals surface area contributed by atoms with E-state index in [0.29, 0.717) is 30.0 Å². The Bertz CT molecular complexity index is 958. The number of nitrogens with zero attached hydrogens (tertiary/aromatic N) is 3. The second-order valence-corrected chi connectivity index (χ2v) is 10.4. The van der Waals surface area contributed by atoms with Crippen molar-refractivity contribution in [1.82, 2.24) is 20.2 Å². The third-order valence-electron chi connectivity index (χ3n) is 8.06. The minimum Gasteiger partial charge on any atom is -0.352 e. The van der Waals surface area contributed by atoms with Crippen molar-refractivity contribution in [3.8, 4) is 0 Å². The molecular weight excluding hydrogens is 472 g/mol. The van der Waals surface area contributed by atoms with Gasteiger partial charge in [0, 0.05) is 13.1 Å². The first-order chi connectivity index (χ1) is 17.9. The van der Waals surface area contributed by atoms with Crippen LogP contribution in [0.25, 0.3) is 0 Å². The SMILES string of the molecule is CCN(C)[C@H](CC1CCCCC1)C(=O)N1CCCC[C@H]1C(=O)NCCON1C(=O)c2ccccc2C1=O. The highest BCUT2D eigenvalue weighted by Crippen LogP contribution is 2.30. The fourth-order valence-electron chi connectivity index (χ4n) is 5.80. The number of hydrogen-bond donors (Lipinski definition) is 1. The van der Waals surface area contributed by atoms with Crippen LogP contribution in [-0.2, 0) is 14.4 Å². The van der Waals surface area contributed by atoms with Gasteiger partial charge in [-0.2, -0.15) is 0 Å². The third kappa shape index (κ3) is 6.21. The predicted octanol–water partition coefficient (Wildman–Crippen LogP) is 3.00. The highest BCUT2D eigenvalue weighted by molar-refractivity contribution is 6.20. The number of piperidine rings is 1. The lowest BCUT2D eigenvalue weighted by molar-refractivity contribution is -0.147. The van der Waals surface area contributed by atoms with E-state index in [1.54, 1.807) is 29.2 Å². The maximum absolute atomic E-state index is 13.8. The Labute approximate surface area is 219 Å². The predicted molar refractivity (Wildman–Crippen MR) is 139 cm³/mol. The molecule has 9 heteroatoms. The average Bonchev–Trinajstić information content (AvgIpc) is 3.18. The molecule has 0 unspecified atom stereocenters. The van der Waals surface area contributed by atoms with Gasteiger partial charge in [-0.1, -0.05) is 51.2 Å². The summed E-state index contributed by atoms with van der Waals surface area (Å²) in [5.74, 6) is -0.597. The number of benzene rings is 1. The molecule has 9 nitrogen and oxygen atoms in total. The van der Waals surface area contributed by atoms with E-state index in [1.165, 1.54) is 32.1 Å². The number of hydroxylamine groups is 2. The molecule has 2 fully saturated rings.